The number of nitriles is 1. The number of rotatable bonds is 1. The van der Waals surface area contributed by atoms with Crippen molar-refractivity contribution in [2.45, 2.75) is 18.3 Å². The number of hydrogen-bond donors (Lipinski definition) is 0. The van der Waals surface area contributed by atoms with Crippen molar-refractivity contribution in [3.8, 4) is 6.07 Å². The molecule has 0 aliphatic heterocycles. The SMILES string of the molecule is N#CC1(c2cc(Br)cs2)CC(=O)C1. The molecule has 0 spiro atoms. The van der Waals surface area contributed by atoms with Crippen LogP contribution in [-0.2, 0) is 10.2 Å². The molecule has 2 rings (SSSR count). The van der Waals surface area contributed by atoms with Gasteiger partial charge in [-0.25, -0.2) is 0 Å². The van der Waals surface area contributed by atoms with Crippen LogP contribution in [0.1, 0.15) is 17.7 Å². The van der Waals surface area contributed by atoms with Gasteiger partial charge in [-0.1, -0.05) is 0 Å². The topological polar surface area (TPSA) is 40.9 Å². The molecule has 0 bridgehead atoms. The third-order valence-corrected chi connectivity index (χ3v) is 4.15. The molecule has 0 radical (unpaired) electrons. The van der Waals surface area contributed by atoms with Crippen molar-refractivity contribution < 1.29 is 4.79 Å². The molecule has 1 aromatic heterocycles. The number of carbonyl (C=O) groups excluding carboxylic acids is 1. The number of halogens is 1. The average molecular weight is 256 g/mol. The van der Waals surface area contributed by atoms with Gasteiger partial charge in [0, 0.05) is 27.6 Å². The molecular formula is C9H6BrNOS. The van der Waals surface area contributed by atoms with Gasteiger partial charge in [0.2, 0.25) is 0 Å². The first-order valence-corrected chi connectivity index (χ1v) is 5.51. The van der Waals surface area contributed by atoms with Gasteiger partial charge in [0.1, 0.15) is 11.2 Å². The standard InChI is InChI=1S/C9H6BrNOS/c10-6-1-8(13-4-6)9(5-11)2-7(12)3-9/h1,4H,2-3H2. The van der Waals surface area contributed by atoms with Gasteiger partial charge in [-0.05, 0) is 22.0 Å². The number of Topliss-reactive ketones (excluding diaryl/α,β-unsaturated/α-hetero) is 1. The molecule has 0 atom stereocenters. The predicted molar refractivity (Wildman–Crippen MR) is 53.6 cm³/mol. The average Bonchev–Trinajstić information content (AvgIpc) is 2.46. The first kappa shape index (κ1) is 8.92. The maximum atomic E-state index is 10.9. The van der Waals surface area contributed by atoms with E-state index in [0.29, 0.717) is 12.8 Å². The quantitative estimate of drug-likeness (QED) is 0.774. The molecule has 2 nitrogen and oxygen atoms in total. The highest BCUT2D eigenvalue weighted by molar-refractivity contribution is 9.10. The highest BCUT2D eigenvalue weighted by atomic mass is 79.9. The Morgan fingerprint density at radius 2 is 2.31 bits per heavy atom. The molecule has 0 N–H and O–H groups in total. The maximum Gasteiger partial charge on any atom is 0.136 e. The predicted octanol–water partition coefficient (Wildman–Crippen LogP) is 2.63. The van der Waals surface area contributed by atoms with E-state index in [0.717, 1.165) is 9.35 Å². The Morgan fingerprint density at radius 3 is 2.69 bits per heavy atom. The van der Waals surface area contributed by atoms with Crippen LogP contribution in [0.5, 0.6) is 0 Å². The summed E-state index contributed by atoms with van der Waals surface area (Å²) in [6.07, 6.45) is 0.771. The highest BCUT2D eigenvalue weighted by Crippen LogP contribution is 2.44. The van der Waals surface area contributed by atoms with E-state index in [4.69, 9.17) is 5.26 Å². The third kappa shape index (κ3) is 1.32. The van der Waals surface area contributed by atoms with Gasteiger partial charge in [0.25, 0.3) is 0 Å². The van der Waals surface area contributed by atoms with Crippen LogP contribution in [0, 0.1) is 11.3 Å². The summed E-state index contributed by atoms with van der Waals surface area (Å²) in [5.41, 5.74) is -0.506. The lowest BCUT2D eigenvalue weighted by Gasteiger charge is -2.32. The molecule has 0 unspecified atom stereocenters. The fraction of sp³-hybridized carbons (Fsp3) is 0.333. The van der Waals surface area contributed by atoms with Gasteiger partial charge in [0.15, 0.2) is 0 Å². The normalized spacial score (nSPS) is 19.2. The minimum absolute atomic E-state index is 0.186. The zero-order valence-corrected chi connectivity index (χ0v) is 9.11. The summed E-state index contributed by atoms with van der Waals surface area (Å²) in [5.74, 6) is 0.186. The fourth-order valence-corrected chi connectivity index (χ4v) is 3.07. The molecule has 1 fully saturated rings. The second kappa shape index (κ2) is 2.93. The molecule has 0 saturated heterocycles. The van der Waals surface area contributed by atoms with Crippen LogP contribution in [0.2, 0.25) is 0 Å². The lowest BCUT2D eigenvalue weighted by molar-refractivity contribution is -0.126. The second-order valence-electron chi connectivity index (χ2n) is 3.22. The van der Waals surface area contributed by atoms with E-state index in [1.54, 1.807) is 0 Å². The van der Waals surface area contributed by atoms with E-state index >= 15 is 0 Å². The molecule has 1 saturated carbocycles. The summed E-state index contributed by atoms with van der Waals surface area (Å²) >= 11 is 4.88. The van der Waals surface area contributed by atoms with Crippen molar-refractivity contribution in [2.24, 2.45) is 0 Å². The van der Waals surface area contributed by atoms with Crippen LogP contribution >= 0.6 is 27.3 Å². The molecular weight excluding hydrogens is 250 g/mol. The van der Waals surface area contributed by atoms with Crippen LogP contribution in [0.3, 0.4) is 0 Å². The Bertz CT molecular complexity index is 396. The zero-order valence-electron chi connectivity index (χ0n) is 6.71. The van der Waals surface area contributed by atoms with Crippen molar-refractivity contribution in [3.05, 3.63) is 20.8 Å². The second-order valence-corrected chi connectivity index (χ2v) is 5.04. The molecule has 0 amide bonds. The Morgan fingerprint density at radius 1 is 1.62 bits per heavy atom. The zero-order chi connectivity index (χ0) is 9.47. The molecule has 1 aliphatic carbocycles. The van der Waals surface area contributed by atoms with Gasteiger partial charge < -0.3 is 0 Å². The Labute approximate surface area is 88.3 Å². The van der Waals surface area contributed by atoms with E-state index in [-0.39, 0.29) is 5.78 Å². The smallest absolute Gasteiger partial charge is 0.136 e. The Hall–Kier alpha value is -0.660. The molecule has 4 heteroatoms. The molecule has 66 valence electrons. The van der Waals surface area contributed by atoms with Gasteiger partial charge in [-0.3, -0.25) is 4.79 Å². The van der Waals surface area contributed by atoms with Crippen LogP contribution in [0.15, 0.2) is 15.9 Å². The number of hydrogen-bond acceptors (Lipinski definition) is 3. The van der Waals surface area contributed by atoms with Gasteiger partial charge in [-0.15, -0.1) is 11.3 Å². The highest BCUT2D eigenvalue weighted by Gasteiger charge is 2.46. The molecule has 1 heterocycles. The Kier molecular flexibility index (Phi) is 2.01. The van der Waals surface area contributed by atoms with Crippen molar-refractivity contribution in [3.63, 3.8) is 0 Å². The largest absolute Gasteiger partial charge is 0.300 e. The van der Waals surface area contributed by atoms with Gasteiger partial charge in [0.05, 0.1) is 6.07 Å². The van der Waals surface area contributed by atoms with Crippen molar-refractivity contribution >= 4 is 33.0 Å². The van der Waals surface area contributed by atoms with E-state index in [9.17, 15) is 4.79 Å². The Balaban J connectivity index is 2.35. The summed E-state index contributed by atoms with van der Waals surface area (Å²) in [5, 5.41) is 10.9. The first-order chi connectivity index (χ1) is 6.16. The molecule has 1 aromatic rings. The van der Waals surface area contributed by atoms with Crippen LogP contribution < -0.4 is 0 Å². The van der Waals surface area contributed by atoms with Gasteiger partial charge in [-0.2, -0.15) is 5.26 Å². The summed E-state index contributed by atoms with van der Waals surface area (Å²) < 4.78 is 0.987. The lowest BCUT2D eigenvalue weighted by Crippen LogP contribution is -2.39. The van der Waals surface area contributed by atoms with Crippen LogP contribution in [-0.4, -0.2) is 5.78 Å². The van der Waals surface area contributed by atoms with Crippen molar-refractivity contribution in [2.75, 3.05) is 0 Å². The van der Waals surface area contributed by atoms with Gasteiger partial charge >= 0.3 is 0 Å². The number of thiophene rings is 1. The number of ketones is 1. The van der Waals surface area contributed by atoms with Crippen molar-refractivity contribution in [1.29, 1.82) is 5.26 Å². The lowest BCUT2D eigenvalue weighted by atomic mass is 9.68. The minimum Gasteiger partial charge on any atom is -0.300 e. The van der Waals surface area contributed by atoms with Crippen LogP contribution in [0.4, 0.5) is 0 Å². The minimum atomic E-state index is -0.506. The van der Waals surface area contributed by atoms with E-state index in [2.05, 4.69) is 22.0 Å². The van der Waals surface area contributed by atoms with Crippen molar-refractivity contribution in [1.82, 2.24) is 0 Å². The first-order valence-electron chi connectivity index (χ1n) is 3.84. The monoisotopic (exact) mass is 255 g/mol. The third-order valence-electron chi connectivity index (χ3n) is 2.25. The van der Waals surface area contributed by atoms with E-state index < -0.39 is 5.41 Å². The summed E-state index contributed by atoms with van der Waals surface area (Å²) in [4.78, 5) is 11.9. The fourth-order valence-electron chi connectivity index (χ4n) is 1.49. The van der Waals surface area contributed by atoms with E-state index in [1.807, 2.05) is 11.4 Å². The summed E-state index contributed by atoms with van der Waals surface area (Å²) in [6, 6.07) is 4.17. The molecule has 0 aromatic carbocycles. The number of carbonyl (C=O) groups is 1. The maximum absolute atomic E-state index is 10.9. The summed E-state index contributed by atoms with van der Waals surface area (Å²) in [7, 11) is 0. The summed E-state index contributed by atoms with van der Waals surface area (Å²) in [6.45, 7) is 0. The van der Waals surface area contributed by atoms with E-state index in [1.165, 1.54) is 11.3 Å². The van der Waals surface area contributed by atoms with Crippen LogP contribution in [0.25, 0.3) is 0 Å². The number of nitrogens with zero attached hydrogens (tertiary/aromatic N) is 1. The molecule has 13 heavy (non-hydrogen) atoms. The molecule has 1 aliphatic rings.